The van der Waals surface area contributed by atoms with E-state index in [2.05, 4.69) is 0 Å². The molecule has 0 radical (unpaired) electrons. The molecular weight excluding hydrogens is 70.9 g/mol. The molecule has 0 saturated heterocycles. The first-order valence-corrected chi connectivity index (χ1v) is 0.200. The first-order valence-electron chi connectivity index (χ1n) is 0.200. The summed E-state index contributed by atoms with van der Waals surface area (Å²) in [5.41, 5.74) is 0. The molecule has 32 valence electrons. The molecule has 0 unspecified atom stereocenters. The molecular formula is H7LiO4. The van der Waals surface area contributed by atoms with Gasteiger partial charge in [0.1, 0.15) is 0 Å². The minimum absolute atomic E-state index is 0. The smallest absolute Gasteiger partial charge is 1.00 e. The van der Waals surface area contributed by atoms with Crippen molar-refractivity contribution in [1.82, 2.24) is 0 Å². The molecule has 0 aromatic carbocycles. The normalized spacial score (nSPS) is 1.20. The van der Waals surface area contributed by atoms with Gasteiger partial charge in [0, 0.05) is 0 Å². The van der Waals surface area contributed by atoms with Crippen LogP contribution >= 0.6 is 0 Å². The standard InChI is InChI=1S/Li.H2O2.2H2O.H/c;1-2;;;/h;1-2H;2*1H2;/q+1;;;;-1. The van der Waals surface area contributed by atoms with Crippen LogP contribution in [-0.4, -0.2) is 21.5 Å². The number of hydrogen-bond donors (Lipinski definition) is 2. The Bertz CT molecular complexity index is 7.51. The zero-order valence-electron chi connectivity index (χ0n) is 3.89. The van der Waals surface area contributed by atoms with Crippen LogP contribution in [0.4, 0.5) is 0 Å². The average Bonchev–Trinajstić information content (AvgIpc) is 1.00. The van der Waals surface area contributed by atoms with E-state index >= 15 is 0 Å². The zero-order valence-corrected chi connectivity index (χ0v) is 2.89. The van der Waals surface area contributed by atoms with Crippen molar-refractivity contribution in [2.75, 3.05) is 0 Å². The Morgan fingerprint density at radius 1 is 1.00 bits per heavy atom. The van der Waals surface area contributed by atoms with Gasteiger partial charge in [-0.25, -0.2) is 0 Å². The Morgan fingerprint density at radius 3 is 1.00 bits per heavy atom. The van der Waals surface area contributed by atoms with E-state index in [0.29, 0.717) is 0 Å². The molecule has 0 saturated carbocycles. The van der Waals surface area contributed by atoms with Crippen molar-refractivity contribution < 1.29 is 41.8 Å². The van der Waals surface area contributed by atoms with E-state index in [9.17, 15) is 0 Å². The van der Waals surface area contributed by atoms with E-state index in [1.54, 1.807) is 0 Å². The second-order valence-corrected chi connectivity index (χ2v) is 0. The molecule has 0 spiro atoms. The molecule has 0 bridgehead atoms. The molecule has 4 nitrogen and oxygen atoms in total. The minimum atomic E-state index is 0. The predicted molar refractivity (Wildman–Crippen MR) is 13.6 cm³/mol. The van der Waals surface area contributed by atoms with E-state index < -0.39 is 0 Å². The van der Waals surface area contributed by atoms with Gasteiger partial charge in [0.25, 0.3) is 0 Å². The van der Waals surface area contributed by atoms with Crippen molar-refractivity contribution in [3.8, 4) is 0 Å². The molecule has 0 aliphatic heterocycles. The fraction of sp³-hybridized carbons (Fsp3) is 0. The van der Waals surface area contributed by atoms with Crippen LogP contribution in [-0.2, 0) is 0 Å². The van der Waals surface area contributed by atoms with Crippen molar-refractivity contribution in [3.63, 3.8) is 0 Å². The second kappa shape index (κ2) is 274. The molecule has 0 aliphatic carbocycles. The minimum Gasteiger partial charge on any atom is -1.00 e. The average molecular weight is 78.0 g/mol. The predicted octanol–water partition coefficient (Wildman–Crippen LogP) is -4.52. The second-order valence-electron chi connectivity index (χ2n) is 0. The third-order valence-electron chi connectivity index (χ3n) is 0. The molecule has 0 aliphatic rings. The molecule has 0 rings (SSSR count). The molecule has 0 aromatic rings. The molecule has 6 N–H and O–H groups in total. The maximum absolute atomic E-state index is 6.00. The summed E-state index contributed by atoms with van der Waals surface area (Å²) in [4.78, 5) is 0. The van der Waals surface area contributed by atoms with Crippen LogP contribution in [0.25, 0.3) is 0 Å². The first-order chi connectivity index (χ1) is 1.00. The van der Waals surface area contributed by atoms with Crippen molar-refractivity contribution >= 4 is 0 Å². The fourth-order valence-electron chi connectivity index (χ4n) is 0. The van der Waals surface area contributed by atoms with E-state index in [4.69, 9.17) is 10.5 Å². The Morgan fingerprint density at radius 2 is 1.00 bits per heavy atom. The molecule has 0 heterocycles. The van der Waals surface area contributed by atoms with Gasteiger partial charge >= 0.3 is 18.9 Å². The van der Waals surface area contributed by atoms with E-state index in [1.165, 1.54) is 0 Å². The topological polar surface area (TPSA) is 103 Å². The summed E-state index contributed by atoms with van der Waals surface area (Å²) >= 11 is 0. The van der Waals surface area contributed by atoms with E-state index in [-0.39, 0.29) is 31.2 Å². The van der Waals surface area contributed by atoms with Crippen LogP contribution in [0.2, 0.25) is 0 Å². The Labute approximate surface area is 42.6 Å². The molecule has 0 atom stereocenters. The maximum atomic E-state index is 6.00. The maximum Gasteiger partial charge on any atom is 1.00 e. The Hall–Kier alpha value is 0.437. The van der Waals surface area contributed by atoms with E-state index in [0.717, 1.165) is 0 Å². The van der Waals surface area contributed by atoms with Crippen LogP contribution in [0.5, 0.6) is 0 Å². The SMILES string of the molecule is O.O.OO.[H-].[Li+]. The largest absolute Gasteiger partial charge is 1.00 e. The third kappa shape index (κ3) is 138. The first kappa shape index (κ1) is 51.8. The van der Waals surface area contributed by atoms with Crippen molar-refractivity contribution in [2.45, 2.75) is 0 Å². The summed E-state index contributed by atoms with van der Waals surface area (Å²) in [6, 6.07) is 0. The molecule has 0 aromatic heterocycles. The Kier molecular flexibility index (Phi) is 2840. The number of rotatable bonds is 0. The summed E-state index contributed by atoms with van der Waals surface area (Å²) < 4.78 is 0. The molecule has 5 heteroatoms. The van der Waals surface area contributed by atoms with Gasteiger partial charge in [0.05, 0.1) is 0 Å². The van der Waals surface area contributed by atoms with Gasteiger partial charge in [-0.05, 0) is 0 Å². The van der Waals surface area contributed by atoms with Crippen molar-refractivity contribution in [2.24, 2.45) is 0 Å². The van der Waals surface area contributed by atoms with Gasteiger partial charge in [0.15, 0.2) is 0 Å². The van der Waals surface area contributed by atoms with Crippen LogP contribution < -0.4 is 18.9 Å². The zero-order chi connectivity index (χ0) is 2.00. The van der Waals surface area contributed by atoms with Gasteiger partial charge in [-0.2, -0.15) is 0 Å². The van der Waals surface area contributed by atoms with Gasteiger partial charge in [-0.1, -0.05) is 0 Å². The summed E-state index contributed by atoms with van der Waals surface area (Å²) in [7, 11) is 0. The van der Waals surface area contributed by atoms with Crippen molar-refractivity contribution in [3.05, 3.63) is 0 Å². The molecule has 5 heavy (non-hydrogen) atoms. The molecule has 0 amide bonds. The van der Waals surface area contributed by atoms with Gasteiger partial charge < -0.3 is 12.4 Å². The van der Waals surface area contributed by atoms with Crippen LogP contribution in [0.1, 0.15) is 1.43 Å². The van der Waals surface area contributed by atoms with Crippen molar-refractivity contribution in [1.29, 1.82) is 0 Å². The van der Waals surface area contributed by atoms with Crippen LogP contribution in [0, 0.1) is 0 Å². The summed E-state index contributed by atoms with van der Waals surface area (Å²) in [6.45, 7) is 0. The van der Waals surface area contributed by atoms with Gasteiger partial charge in [-0.15, -0.1) is 0 Å². The monoisotopic (exact) mass is 78.1 g/mol. The third-order valence-corrected chi connectivity index (χ3v) is 0. The fourth-order valence-corrected chi connectivity index (χ4v) is 0. The molecule has 0 fully saturated rings. The van der Waals surface area contributed by atoms with Gasteiger partial charge in [-0.3, -0.25) is 10.5 Å². The van der Waals surface area contributed by atoms with Crippen LogP contribution in [0.15, 0.2) is 0 Å². The van der Waals surface area contributed by atoms with Gasteiger partial charge in [0.2, 0.25) is 0 Å². The van der Waals surface area contributed by atoms with Crippen LogP contribution in [0.3, 0.4) is 0 Å². The Balaban J connectivity index is -0.000000000833. The van der Waals surface area contributed by atoms with E-state index in [1.807, 2.05) is 0 Å². The quantitative estimate of drug-likeness (QED) is 0.173. The summed E-state index contributed by atoms with van der Waals surface area (Å²) in [5, 5.41) is 12.0. The summed E-state index contributed by atoms with van der Waals surface area (Å²) in [6.07, 6.45) is 0. The number of hydrogen-bond acceptors (Lipinski definition) is 2. The summed E-state index contributed by atoms with van der Waals surface area (Å²) in [5.74, 6) is 0.